The van der Waals surface area contributed by atoms with Crippen molar-refractivity contribution in [3.63, 3.8) is 0 Å². The van der Waals surface area contributed by atoms with Gasteiger partial charge in [-0.3, -0.25) is 14.6 Å². The van der Waals surface area contributed by atoms with Crippen molar-refractivity contribution in [1.82, 2.24) is 15.3 Å². The molecule has 31 heavy (non-hydrogen) atoms. The third-order valence-corrected chi connectivity index (χ3v) is 4.53. The van der Waals surface area contributed by atoms with Crippen LogP contribution in [0.4, 0.5) is 22.0 Å². The number of rotatable bonds is 9. The summed E-state index contributed by atoms with van der Waals surface area (Å²) in [5.74, 6) is -5.62. The Morgan fingerprint density at radius 3 is 2.45 bits per heavy atom. The van der Waals surface area contributed by atoms with Gasteiger partial charge in [-0.2, -0.15) is 22.0 Å². The first-order chi connectivity index (χ1) is 14.5. The van der Waals surface area contributed by atoms with Crippen LogP contribution in [0.5, 0.6) is 5.88 Å². The minimum Gasteiger partial charge on any atom is -0.471 e. The van der Waals surface area contributed by atoms with E-state index in [0.29, 0.717) is 16.8 Å². The molecular formula is C20H18F5N3O3. The highest BCUT2D eigenvalue weighted by Gasteiger charge is 2.58. The Balaban J connectivity index is 1.51. The standard InChI is InChI=1S/C20H18F5N3O3/c21-19(22,20(23,24)25)11-31-17-4-1-12(9-27-17)10-28-18(30)14-5-6-26-15(7-14)8-16(29)13-2-3-13/h1,4-7,9,13H,2-3,8,10-11H2,(H,28,30). The summed E-state index contributed by atoms with van der Waals surface area (Å²) in [5.41, 5.74) is 1.29. The Labute approximate surface area is 173 Å². The van der Waals surface area contributed by atoms with Crippen molar-refractivity contribution in [2.75, 3.05) is 6.61 Å². The summed E-state index contributed by atoms with van der Waals surface area (Å²) in [6, 6.07) is 5.53. The Morgan fingerprint density at radius 2 is 1.84 bits per heavy atom. The Hall–Kier alpha value is -3.11. The summed E-state index contributed by atoms with van der Waals surface area (Å²) in [6.07, 6.45) is -1.13. The highest BCUT2D eigenvalue weighted by atomic mass is 19.4. The molecule has 1 saturated carbocycles. The molecule has 0 aliphatic heterocycles. The number of hydrogen-bond acceptors (Lipinski definition) is 5. The second-order valence-corrected chi connectivity index (χ2v) is 7.13. The van der Waals surface area contributed by atoms with E-state index in [1.165, 1.54) is 30.6 Å². The fourth-order valence-corrected chi connectivity index (χ4v) is 2.58. The molecule has 1 aliphatic carbocycles. The van der Waals surface area contributed by atoms with Gasteiger partial charge in [0.25, 0.3) is 5.91 Å². The molecule has 3 rings (SSSR count). The molecule has 0 radical (unpaired) electrons. The summed E-state index contributed by atoms with van der Waals surface area (Å²) in [6.45, 7) is -1.85. The fourth-order valence-electron chi connectivity index (χ4n) is 2.58. The van der Waals surface area contributed by atoms with Crippen LogP contribution in [-0.4, -0.2) is 40.4 Å². The zero-order valence-electron chi connectivity index (χ0n) is 16.1. The lowest BCUT2D eigenvalue weighted by molar-refractivity contribution is -0.290. The van der Waals surface area contributed by atoms with E-state index in [9.17, 15) is 31.5 Å². The van der Waals surface area contributed by atoms with Crippen molar-refractivity contribution in [1.29, 1.82) is 0 Å². The summed E-state index contributed by atoms with van der Waals surface area (Å²) in [5, 5.41) is 2.63. The molecular weight excluding hydrogens is 425 g/mol. The van der Waals surface area contributed by atoms with E-state index >= 15 is 0 Å². The van der Waals surface area contributed by atoms with Crippen molar-refractivity contribution in [3.8, 4) is 5.88 Å². The normalized spacial score (nSPS) is 14.2. The lowest BCUT2D eigenvalue weighted by Crippen LogP contribution is -2.41. The van der Waals surface area contributed by atoms with Gasteiger partial charge in [0.2, 0.25) is 5.88 Å². The van der Waals surface area contributed by atoms with Gasteiger partial charge in [-0.05, 0) is 30.5 Å². The van der Waals surface area contributed by atoms with E-state index in [1.54, 1.807) is 0 Å². The molecule has 0 saturated heterocycles. The number of carbonyl (C=O) groups excluding carboxylic acids is 2. The quantitative estimate of drug-likeness (QED) is 0.600. The number of alkyl halides is 5. The molecule has 0 atom stereocenters. The van der Waals surface area contributed by atoms with Crippen LogP contribution in [0.25, 0.3) is 0 Å². The maximum absolute atomic E-state index is 12.9. The van der Waals surface area contributed by atoms with Gasteiger partial charge in [0.15, 0.2) is 6.61 Å². The van der Waals surface area contributed by atoms with Gasteiger partial charge in [-0.15, -0.1) is 0 Å². The molecule has 2 aromatic rings. The van der Waals surface area contributed by atoms with Gasteiger partial charge in [-0.25, -0.2) is 4.98 Å². The topological polar surface area (TPSA) is 81.2 Å². The smallest absolute Gasteiger partial charge is 0.456 e. The molecule has 0 unspecified atom stereocenters. The first-order valence-corrected chi connectivity index (χ1v) is 9.33. The molecule has 1 aliphatic rings. The van der Waals surface area contributed by atoms with Crippen molar-refractivity contribution in [2.45, 2.75) is 37.9 Å². The number of amides is 1. The molecule has 2 aromatic heterocycles. The van der Waals surface area contributed by atoms with Crippen LogP contribution in [-0.2, 0) is 17.8 Å². The molecule has 166 valence electrons. The predicted molar refractivity (Wildman–Crippen MR) is 97.6 cm³/mol. The van der Waals surface area contributed by atoms with E-state index in [1.807, 2.05) is 0 Å². The highest BCUT2D eigenvalue weighted by molar-refractivity contribution is 5.94. The minimum atomic E-state index is -5.71. The van der Waals surface area contributed by atoms with Gasteiger partial charge >= 0.3 is 12.1 Å². The second kappa shape index (κ2) is 8.94. The molecule has 0 aromatic carbocycles. The molecule has 1 amide bonds. The molecule has 1 fully saturated rings. The van der Waals surface area contributed by atoms with E-state index in [-0.39, 0.29) is 24.7 Å². The molecule has 0 bridgehead atoms. The lowest BCUT2D eigenvalue weighted by Gasteiger charge is -2.19. The Kier molecular flexibility index (Phi) is 6.51. The zero-order chi connectivity index (χ0) is 22.6. The number of ketones is 1. The lowest BCUT2D eigenvalue weighted by atomic mass is 10.1. The predicted octanol–water partition coefficient (Wildman–Crippen LogP) is 3.50. The number of halogens is 5. The van der Waals surface area contributed by atoms with E-state index in [4.69, 9.17) is 0 Å². The van der Waals surface area contributed by atoms with Crippen LogP contribution in [0, 0.1) is 5.92 Å². The maximum Gasteiger partial charge on any atom is 0.456 e. The Morgan fingerprint density at radius 1 is 1.10 bits per heavy atom. The molecule has 2 heterocycles. The van der Waals surface area contributed by atoms with Gasteiger partial charge < -0.3 is 10.1 Å². The monoisotopic (exact) mass is 443 g/mol. The molecule has 1 N–H and O–H groups in total. The number of hydrogen-bond donors (Lipinski definition) is 1. The summed E-state index contributed by atoms with van der Waals surface area (Å²) < 4.78 is 66.5. The number of ether oxygens (including phenoxy) is 1. The summed E-state index contributed by atoms with van der Waals surface area (Å²) >= 11 is 0. The first kappa shape index (κ1) is 22.6. The van der Waals surface area contributed by atoms with E-state index in [0.717, 1.165) is 18.9 Å². The van der Waals surface area contributed by atoms with E-state index < -0.39 is 30.5 Å². The third kappa shape index (κ3) is 6.19. The van der Waals surface area contributed by atoms with Crippen LogP contribution in [0.1, 0.15) is 34.5 Å². The highest BCUT2D eigenvalue weighted by Crippen LogP contribution is 2.35. The van der Waals surface area contributed by atoms with Gasteiger partial charge in [0, 0.05) is 48.6 Å². The average Bonchev–Trinajstić information content (AvgIpc) is 3.56. The van der Waals surface area contributed by atoms with Crippen LogP contribution in [0.3, 0.4) is 0 Å². The van der Waals surface area contributed by atoms with Crippen LogP contribution in [0.15, 0.2) is 36.7 Å². The molecule has 11 heteroatoms. The van der Waals surface area contributed by atoms with Crippen LogP contribution >= 0.6 is 0 Å². The number of aromatic nitrogens is 2. The van der Waals surface area contributed by atoms with Crippen LogP contribution in [0.2, 0.25) is 0 Å². The van der Waals surface area contributed by atoms with Crippen molar-refractivity contribution in [2.24, 2.45) is 5.92 Å². The number of nitrogens with one attached hydrogen (secondary N) is 1. The van der Waals surface area contributed by atoms with Crippen molar-refractivity contribution < 1.29 is 36.3 Å². The number of pyridine rings is 2. The fraction of sp³-hybridized carbons (Fsp3) is 0.400. The van der Waals surface area contributed by atoms with E-state index in [2.05, 4.69) is 20.0 Å². The zero-order valence-corrected chi connectivity index (χ0v) is 16.1. The maximum atomic E-state index is 12.9. The Bertz CT molecular complexity index is 944. The summed E-state index contributed by atoms with van der Waals surface area (Å²) in [7, 11) is 0. The van der Waals surface area contributed by atoms with Gasteiger partial charge in [0.05, 0.1) is 0 Å². The average molecular weight is 443 g/mol. The third-order valence-electron chi connectivity index (χ3n) is 4.53. The molecule has 6 nitrogen and oxygen atoms in total. The SMILES string of the molecule is O=C(NCc1ccc(OCC(F)(F)C(F)(F)F)nc1)c1ccnc(CC(=O)C2CC2)c1. The van der Waals surface area contributed by atoms with Crippen LogP contribution < -0.4 is 10.1 Å². The van der Waals surface area contributed by atoms with Gasteiger partial charge in [0.1, 0.15) is 5.78 Å². The second-order valence-electron chi connectivity index (χ2n) is 7.13. The minimum absolute atomic E-state index is 0.0312. The number of carbonyl (C=O) groups is 2. The summed E-state index contributed by atoms with van der Waals surface area (Å²) in [4.78, 5) is 32.0. The largest absolute Gasteiger partial charge is 0.471 e. The molecule has 0 spiro atoms. The van der Waals surface area contributed by atoms with Crippen molar-refractivity contribution >= 4 is 11.7 Å². The number of Topliss-reactive ketones (excluding diaryl/α,β-unsaturated/α-hetero) is 1. The first-order valence-electron chi connectivity index (χ1n) is 9.33. The number of nitrogens with zero attached hydrogens (tertiary/aromatic N) is 2. The van der Waals surface area contributed by atoms with Gasteiger partial charge in [-0.1, -0.05) is 6.07 Å². The van der Waals surface area contributed by atoms with Crippen molar-refractivity contribution in [3.05, 3.63) is 53.5 Å².